The zero-order valence-electron chi connectivity index (χ0n) is 9.71. The molecule has 0 radical (unpaired) electrons. The number of nitrogens with zero attached hydrogens (tertiary/aromatic N) is 1. The molecule has 0 spiro atoms. The Labute approximate surface area is 95.4 Å². The highest BCUT2D eigenvalue weighted by Crippen LogP contribution is 2.18. The lowest BCUT2D eigenvalue weighted by atomic mass is 10.2. The lowest BCUT2D eigenvalue weighted by molar-refractivity contribution is -0.120. The minimum Gasteiger partial charge on any atom is -0.396 e. The van der Waals surface area contributed by atoms with Crippen LogP contribution in [0.25, 0.3) is 0 Å². The van der Waals surface area contributed by atoms with E-state index in [1.807, 2.05) is 19.9 Å². The summed E-state index contributed by atoms with van der Waals surface area (Å²) in [7, 11) is 0. The normalized spacial score (nSPS) is 9.88. The van der Waals surface area contributed by atoms with E-state index in [2.05, 4.69) is 15.6 Å². The largest absolute Gasteiger partial charge is 0.396 e. The smallest absolute Gasteiger partial charge is 0.221 e. The highest BCUT2D eigenvalue weighted by Gasteiger charge is 2.03. The van der Waals surface area contributed by atoms with Gasteiger partial charge in [0.05, 0.1) is 5.69 Å². The fourth-order valence-electron chi connectivity index (χ4n) is 1.29. The molecule has 0 unspecified atom stereocenters. The third kappa shape index (κ3) is 3.42. The maximum absolute atomic E-state index is 11.2. The molecular weight excluding hydrogens is 204 g/mol. The SMILES string of the molecule is CCNC(=O)CCNc1nccc(C)c1N. The van der Waals surface area contributed by atoms with Gasteiger partial charge in [0.15, 0.2) is 0 Å². The third-order valence-corrected chi connectivity index (χ3v) is 2.23. The van der Waals surface area contributed by atoms with E-state index in [4.69, 9.17) is 5.73 Å². The Hall–Kier alpha value is -1.78. The molecule has 0 aliphatic carbocycles. The molecule has 0 fully saturated rings. The number of aryl methyl sites for hydroxylation is 1. The fraction of sp³-hybridized carbons (Fsp3) is 0.455. The number of rotatable bonds is 5. The second-order valence-electron chi connectivity index (χ2n) is 3.52. The van der Waals surface area contributed by atoms with E-state index in [0.717, 1.165) is 5.56 Å². The second-order valence-corrected chi connectivity index (χ2v) is 3.52. The van der Waals surface area contributed by atoms with Crippen molar-refractivity contribution in [3.8, 4) is 0 Å². The van der Waals surface area contributed by atoms with Gasteiger partial charge in [0.2, 0.25) is 5.91 Å². The van der Waals surface area contributed by atoms with Gasteiger partial charge in [-0.25, -0.2) is 4.98 Å². The molecule has 16 heavy (non-hydrogen) atoms. The van der Waals surface area contributed by atoms with E-state index in [0.29, 0.717) is 31.0 Å². The van der Waals surface area contributed by atoms with Crippen molar-refractivity contribution in [3.05, 3.63) is 17.8 Å². The first-order valence-corrected chi connectivity index (χ1v) is 5.36. The van der Waals surface area contributed by atoms with Crippen LogP contribution in [0.3, 0.4) is 0 Å². The highest BCUT2D eigenvalue weighted by atomic mass is 16.1. The van der Waals surface area contributed by atoms with Crippen LogP contribution in [0.1, 0.15) is 18.9 Å². The van der Waals surface area contributed by atoms with Gasteiger partial charge in [-0.15, -0.1) is 0 Å². The Morgan fingerprint density at radius 1 is 1.56 bits per heavy atom. The molecular formula is C11H18N4O. The molecule has 1 heterocycles. The molecule has 1 rings (SSSR count). The van der Waals surface area contributed by atoms with Crippen molar-refractivity contribution >= 4 is 17.4 Å². The van der Waals surface area contributed by atoms with Crippen LogP contribution in [0.15, 0.2) is 12.3 Å². The van der Waals surface area contributed by atoms with E-state index in [9.17, 15) is 4.79 Å². The number of anilines is 2. The molecule has 1 aromatic heterocycles. The number of hydrogen-bond donors (Lipinski definition) is 3. The van der Waals surface area contributed by atoms with Gasteiger partial charge in [0.25, 0.3) is 0 Å². The summed E-state index contributed by atoms with van der Waals surface area (Å²) in [4.78, 5) is 15.3. The van der Waals surface area contributed by atoms with Crippen molar-refractivity contribution < 1.29 is 4.79 Å². The Bertz CT molecular complexity index is 365. The zero-order chi connectivity index (χ0) is 12.0. The number of pyridine rings is 1. The van der Waals surface area contributed by atoms with Crippen molar-refractivity contribution in [2.75, 3.05) is 24.1 Å². The average molecular weight is 222 g/mol. The van der Waals surface area contributed by atoms with Gasteiger partial charge < -0.3 is 16.4 Å². The maximum atomic E-state index is 11.2. The Balaban J connectivity index is 2.43. The molecule has 0 atom stereocenters. The number of carbonyl (C=O) groups is 1. The number of nitrogen functional groups attached to an aromatic ring is 1. The molecule has 1 aromatic rings. The van der Waals surface area contributed by atoms with Gasteiger partial charge in [-0.2, -0.15) is 0 Å². The van der Waals surface area contributed by atoms with Gasteiger partial charge in [0.1, 0.15) is 5.82 Å². The van der Waals surface area contributed by atoms with Gasteiger partial charge in [-0.3, -0.25) is 4.79 Å². The summed E-state index contributed by atoms with van der Waals surface area (Å²) in [5.41, 5.74) is 7.45. The number of carbonyl (C=O) groups excluding carboxylic acids is 1. The highest BCUT2D eigenvalue weighted by molar-refractivity contribution is 5.76. The zero-order valence-corrected chi connectivity index (χ0v) is 9.71. The molecule has 0 bridgehead atoms. The lowest BCUT2D eigenvalue weighted by Crippen LogP contribution is -2.25. The van der Waals surface area contributed by atoms with Crippen LogP contribution in [-0.2, 0) is 4.79 Å². The molecule has 0 aromatic carbocycles. The summed E-state index contributed by atoms with van der Waals surface area (Å²) >= 11 is 0. The molecule has 1 amide bonds. The summed E-state index contributed by atoms with van der Waals surface area (Å²) in [5, 5.41) is 5.77. The van der Waals surface area contributed by atoms with Crippen molar-refractivity contribution in [2.24, 2.45) is 0 Å². The first kappa shape index (κ1) is 12.3. The third-order valence-electron chi connectivity index (χ3n) is 2.23. The van der Waals surface area contributed by atoms with Crippen LogP contribution in [0.2, 0.25) is 0 Å². The van der Waals surface area contributed by atoms with Crippen LogP contribution >= 0.6 is 0 Å². The first-order valence-electron chi connectivity index (χ1n) is 5.36. The van der Waals surface area contributed by atoms with Crippen molar-refractivity contribution in [1.29, 1.82) is 0 Å². The molecule has 5 nitrogen and oxygen atoms in total. The Morgan fingerprint density at radius 3 is 3.00 bits per heavy atom. The molecule has 0 saturated heterocycles. The number of nitrogens with one attached hydrogen (secondary N) is 2. The summed E-state index contributed by atoms with van der Waals surface area (Å²) in [6.45, 7) is 5.01. The molecule has 4 N–H and O–H groups in total. The topological polar surface area (TPSA) is 80.0 Å². The van der Waals surface area contributed by atoms with Crippen molar-refractivity contribution in [3.63, 3.8) is 0 Å². The average Bonchev–Trinajstić information content (AvgIpc) is 2.25. The molecule has 0 aliphatic heterocycles. The van der Waals surface area contributed by atoms with Gasteiger partial charge in [-0.1, -0.05) is 0 Å². The van der Waals surface area contributed by atoms with Crippen molar-refractivity contribution in [2.45, 2.75) is 20.3 Å². The standard InChI is InChI=1S/C11H18N4O/c1-3-13-9(16)5-7-15-11-10(12)8(2)4-6-14-11/h4,6H,3,5,7,12H2,1-2H3,(H,13,16)(H,14,15). The number of amides is 1. The summed E-state index contributed by atoms with van der Waals surface area (Å²) in [6.07, 6.45) is 2.11. The Morgan fingerprint density at radius 2 is 2.31 bits per heavy atom. The molecule has 0 saturated carbocycles. The number of aromatic nitrogens is 1. The second kappa shape index (κ2) is 5.95. The van der Waals surface area contributed by atoms with Gasteiger partial charge in [0, 0.05) is 25.7 Å². The van der Waals surface area contributed by atoms with Gasteiger partial charge in [-0.05, 0) is 25.5 Å². The van der Waals surface area contributed by atoms with Crippen LogP contribution in [-0.4, -0.2) is 24.0 Å². The molecule has 5 heteroatoms. The summed E-state index contributed by atoms with van der Waals surface area (Å²) in [5.74, 6) is 0.672. The maximum Gasteiger partial charge on any atom is 0.221 e. The van der Waals surface area contributed by atoms with Gasteiger partial charge >= 0.3 is 0 Å². The predicted molar refractivity (Wildman–Crippen MR) is 65.2 cm³/mol. The van der Waals surface area contributed by atoms with Crippen LogP contribution in [0.5, 0.6) is 0 Å². The lowest BCUT2D eigenvalue weighted by Gasteiger charge is -2.09. The van der Waals surface area contributed by atoms with Crippen LogP contribution in [0.4, 0.5) is 11.5 Å². The van der Waals surface area contributed by atoms with Crippen LogP contribution < -0.4 is 16.4 Å². The Kier molecular flexibility index (Phi) is 4.57. The molecule has 0 aliphatic rings. The van der Waals surface area contributed by atoms with E-state index >= 15 is 0 Å². The van der Waals surface area contributed by atoms with E-state index in [1.165, 1.54) is 0 Å². The van der Waals surface area contributed by atoms with Crippen molar-refractivity contribution in [1.82, 2.24) is 10.3 Å². The first-order chi connectivity index (χ1) is 7.65. The van der Waals surface area contributed by atoms with E-state index in [1.54, 1.807) is 6.20 Å². The minimum atomic E-state index is 0.0289. The molecule has 88 valence electrons. The summed E-state index contributed by atoms with van der Waals surface area (Å²) < 4.78 is 0. The predicted octanol–water partition coefficient (Wildman–Crippen LogP) is 0.910. The summed E-state index contributed by atoms with van der Waals surface area (Å²) in [6, 6.07) is 1.85. The van der Waals surface area contributed by atoms with Crippen LogP contribution in [0, 0.1) is 6.92 Å². The number of hydrogen-bond acceptors (Lipinski definition) is 4. The van der Waals surface area contributed by atoms with E-state index in [-0.39, 0.29) is 5.91 Å². The number of nitrogens with two attached hydrogens (primary N) is 1. The monoisotopic (exact) mass is 222 g/mol. The quantitative estimate of drug-likeness (QED) is 0.691. The van der Waals surface area contributed by atoms with E-state index < -0.39 is 0 Å². The minimum absolute atomic E-state index is 0.0289. The fourth-order valence-corrected chi connectivity index (χ4v) is 1.29.